The predicted molar refractivity (Wildman–Crippen MR) is 116 cm³/mol. The number of ketones is 1. The lowest BCUT2D eigenvalue weighted by atomic mass is 9.90. The summed E-state index contributed by atoms with van der Waals surface area (Å²) < 4.78 is 7.09. The molecule has 2 aromatic rings. The minimum Gasteiger partial charge on any atom is -0.497 e. The van der Waals surface area contributed by atoms with Crippen LogP contribution in [0.2, 0.25) is 0 Å². The van der Waals surface area contributed by atoms with Gasteiger partial charge in [-0.15, -0.1) is 0 Å². The van der Waals surface area contributed by atoms with Crippen molar-refractivity contribution in [2.75, 3.05) is 20.2 Å². The third kappa shape index (κ3) is 5.58. The molecule has 0 radical (unpaired) electrons. The van der Waals surface area contributed by atoms with Crippen molar-refractivity contribution >= 4 is 22.7 Å². The van der Waals surface area contributed by atoms with E-state index in [-0.39, 0.29) is 23.7 Å². The molecule has 0 aliphatic heterocycles. The van der Waals surface area contributed by atoms with Gasteiger partial charge < -0.3 is 14.2 Å². The fraction of sp³-hybridized carbons (Fsp3) is 0.609. The van der Waals surface area contributed by atoms with Crippen molar-refractivity contribution in [3.05, 3.63) is 24.0 Å². The van der Waals surface area contributed by atoms with E-state index in [0.29, 0.717) is 30.2 Å². The molecule has 0 saturated carbocycles. The monoisotopic (exact) mass is 401 g/mol. The van der Waals surface area contributed by atoms with E-state index >= 15 is 0 Å². The summed E-state index contributed by atoms with van der Waals surface area (Å²) in [7, 11) is 1.60. The van der Waals surface area contributed by atoms with Crippen LogP contribution in [-0.4, -0.2) is 46.3 Å². The molecule has 6 nitrogen and oxygen atoms in total. The van der Waals surface area contributed by atoms with E-state index in [1.165, 1.54) is 0 Å². The van der Waals surface area contributed by atoms with E-state index in [2.05, 4.69) is 25.8 Å². The normalized spacial score (nSPS) is 12.3. The van der Waals surface area contributed by atoms with Crippen molar-refractivity contribution in [1.29, 1.82) is 0 Å². The van der Waals surface area contributed by atoms with Crippen LogP contribution in [0.1, 0.15) is 65.5 Å². The number of hydrogen-bond acceptors (Lipinski definition) is 4. The van der Waals surface area contributed by atoms with E-state index in [9.17, 15) is 9.59 Å². The summed E-state index contributed by atoms with van der Waals surface area (Å²) in [6.07, 6.45) is 0.916. The predicted octanol–water partition coefficient (Wildman–Crippen LogP) is 4.56. The Balaban J connectivity index is 2.45. The van der Waals surface area contributed by atoms with E-state index < -0.39 is 5.41 Å². The lowest BCUT2D eigenvalue weighted by molar-refractivity contribution is -0.131. The number of nitrogens with zero attached hydrogens (tertiary/aromatic N) is 3. The quantitative estimate of drug-likeness (QED) is 0.638. The van der Waals surface area contributed by atoms with Crippen LogP contribution in [-0.2, 0) is 11.3 Å². The van der Waals surface area contributed by atoms with Gasteiger partial charge in [-0.3, -0.25) is 9.59 Å². The van der Waals surface area contributed by atoms with Gasteiger partial charge in [-0.25, -0.2) is 4.98 Å². The Bertz CT molecular complexity index is 885. The molecule has 0 atom stereocenters. The number of benzene rings is 1. The van der Waals surface area contributed by atoms with Crippen LogP contribution in [0, 0.1) is 10.8 Å². The number of likely N-dealkylation sites (N-methyl/N-ethyl adjacent to an activating group) is 1. The highest BCUT2D eigenvalue weighted by molar-refractivity contribution is 6.00. The van der Waals surface area contributed by atoms with Gasteiger partial charge in [-0.1, -0.05) is 41.5 Å². The Labute approximate surface area is 174 Å². The number of ether oxygens (including phenoxy) is 1. The fourth-order valence-corrected chi connectivity index (χ4v) is 3.06. The highest BCUT2D eigenvalue weighted by atomic mass is 16.5. The molecule has 0 N–H and O–H groups in total. The van der Waals surface area contributed by atoms with E-state index in [0.717, 1.165) is 11.9 Å². The second kappa shape index (κ2) is 8.56. The van der Waals surface area contributed by atoms with Gasteiger partial charge in [0.1, 0.15) is 12.3 Å². The zero-order chi connectivity index (χ0) is 22.0. The summed E-state index contributed by atoms with van der Waals surface area (Å²) in [5.41, 5.74) is 0.972. The summed E-state index contributed by atoms with van der Waals surface area (Å²) in [5.74, 6) is 0.891. The molecule has 160 valence electrons. The molecule has 1 aromatic heterocycles. The summed E-state index contributed by atoms with van der Waals surface area (Å²) in [4.78, 5) is 32.6. The van der Waals surface area contributed by atoms with Gasteiger partial charge in [0.15, 0.2) is 5.82 Å². The first-order chi connectivity index (χ1) is 13.4. The van der Waals surface area contributed by atoms with E-state index in [1.54, 1.807) is 11.7 Å². The SMILES string of the molecule is CCN(CCC(C)(C)C)C(=O)Cn1c(C(=O)C(C)(C)C)nc2ccc(OC)cc21. The van der Waals surface area contributed by atoms with Crippen LogP contribution in [0.15, 0.2) is 18.2 Å². The molecule has 0 spiro atoms. The summed E-state index contributed by atoms with van der Waals surface area (Å²) in [6.45, 7) is 15.5. The Hall–Kier alpha value is -2.37. The van der Waals surface area contributed by atoms with Crippen molar-refractivity contribution in [2.45, 2.75) is 61.4 Å². The van der Waals surface area contributed by atoms with Crippen molar-refractivity contribution in [3.63, 3.8) is 0 Å². The Morgan fingerprint density at radius 2 is 1.79 bits per heavy atom. The minimum atomic E-state index is -0.594. The molecule has 29 heavy (non-hydrogen) atoms. The Morgan fingerprint density at radius 3 is 2.31 bits per heavy atom. The van der Waals surface area contributed by atoms with Crippen LogP contribution >= 0.6 is 0 Å². The average molecular weight is 402 g/mol. The smallest absolute Gasteiger partial charge is 0.242 e. The average Bonchev–Trinajstić information content (AvgIpc) is 2.97. The van der Waals surface area contributed by atoms with Crippen molar-refractivity contribution in [2.24, 2.45) is 10.8 Å². The van der Waals surface area contributed by atoms with Crippen LogP contribution in [0.3, 0.4) is 0 Å². The Morgan fingerprint density at radius 1 is 1.14 bits per heavy atom. The molecule has 1 heterocycles. The highest BCUT2D eigenvalue weighted by Crippen LogP contribution is 2.27. The van der Waals surface area contributed by atoms with Gasteiger partial charge in [0, 0.05) is 24.6 Å². The number of carbonyl (C=O) groups excluding carboxylic acids is 2. The number of fused-ring (bicyclic) bond motifs is 1. The summed E-state index contributed by atoms with van der Waals surface area (Å²) in [5, 5.41) is 0. The van der Waals surface area contributed by atoms with Crippen molar-refractivity contribution in [3.8, 4) is 5.75 Å². The number of methoxy groups -OCH3 is 1. The molecule has 6 heteroatoms. The zero-order valence-corrected chi connectivity index (χ0v) is 19.1. The highest BCUT2D eigenvalue weighted by Gasteiger charge is 2.30. The lowest BCUT2D eigenvalue weighted by Gasteiger charge is -2.26. The molecule has 0 unspecified atom stereocenters. The van der Waals surface area contributed by atoms with Gasteiger partial charge in [-0.05, 0) is 30.9 Å². The second-order valence-corrected chi connectivity index (χ2v) is 9.74. The molecule has 0 aliphatic carbocycles. The lowest BCUT2D eigenvalue weighted by Crippen LogP contribution is -2.37. The number of aromatic nitrogens is 2. The number of hydrogen-bond donors (Lipinski definition) is 0. The van der Waals surface area contributed by atoms with E-state index in [1.807, 2.05) is 50.8 Å². The van der Waals surface area contributed by atoms with Gasteiger partial charge in [0.05, 0.1) is 18.1 Å². The largest absolute Gasteiger partial charge is 0.497 e. The molecular formula is C23H35N3O3. The first kappa shape index (κ1) is 22.9. The third-order valence-corrected chi connectivity index (χ3v) is 5.00. The van der Waals surface area contributed by atoms with E-state index in [4.69, 9.17) is 4.74 Å². The van der Waals surface area contributed by atoms with Gasteiger partial charge in [-0.2, -0.15) is 0 Å². The molecule has 1 amide bonds. The topological polar surface area (TPSA) is 64.4 Å². The van der Waals surface area contributed by atoms with Gasteiger partial charge in [0.2, 0.25) is 11.7 Å². The molecule has 0 aliphatic rings. The maximum Gasteiger partial charge on any atom is 0.242 e. The van der Waals surface area contributed by atoms with Crippen LogP contribution in [0.4, 0.5) is 0 Å². The van der Waals surface area contributed by atoms with Gasteiger partial charge >= 0.3 is 0 Å². The van der Waals surface area contributed by atoms with Crippen LogP contribution in [0.25, 0.3) is 11.0 Å². The molecule has 1 aromatic carbocycles. The molecular weight excluding hydrogens is 366 g/mol. The number of carbonyl (C=O) groups is 2. The Kier molecular flexibility index (Phi) is 6.76. The zero-order valence-electron chi connectivity index (χ0n) is 19.1. The molecule has 2 rings (SSSR count). The first-order valence-electron chi connectivity index (χ1n) is 10.2. The number of amides is 1. The second-order valence-electron chi connectivity index (χ2n) is 9.74. The molecule has 0 saturated heterocycles. The van der Waals surface area contributed by atoms with Crippen LogP contribution < -0.4 is 4.74 Å². The van der Waals surface area contributed by atoms with Crippen molar-refractivity contribution < 1.29 is 14.3 Å². The summed E-state index contributed by atoms with van der Waals surface area (Å²) >= 11 is 0. The number of Topliss-reactive ketones (excluding diaryl/α,β-unsaturated/α-hetero) is 1. The van der Waals surface area contributed by atoms with Crippen molar-refractivity contribution in [1.82, 2.24) is 14.5 Å². The third-order valence-electron chi connectivity index (χ3n) is 5.00. The summed E-state index contributed by atoms with van der Waals surface area (Å²) in [6, 6.07) is 5.47. The maximum absolute atomic E-state index is 13.1. The van der Waals surface area contributed by atoms with Crippen LogP contribution in [0.5, 0.6) is 5.75 Å². The number of rotatable bonds is 7. The maximum atomic E-state index is 13.1. The fourth-order valence-electron chi connectivity index (χ4n) is 3.06. The standard InChI is InChI=1S/C23H35N3O3/c1-9-25(13-12-22(2,3)4)19(27)15-26-18-14-16(29-8)10-11-17(18)24-21(26)20(28)23(5,6)7/h10-11,14H,9,12-13,15H2,1-8H3. The number of imidazole rings is 1. The minimum absolute atomic E-state index is 0.0122. The van der Waals surface area contributed by atoms with Gasteiger partial charge in [0.25, 0.3) is 0 Å². The molecule has 0 bridgehead atoms. The molecule has 0 fully saturated rings. The first-order valence-corrected chi connectivity index (χ1v) is 10.2.